The van der Waals surface area contributed by atoms with Crippen molar-refractivity contribution in [2.24, 2.45) is 0 Å². The number of aromatic carboxylic acids is 1. The summed E-state index contributed by atoms with van der Waals surface area (Å²) in [4.78, 5) is 19.7. The van der Waals surface area contributed by atoms with Crippen molar-refractivity contribution in [3.8, 4) is 22.6 Å². The van der Waals surface area contributed by atoms with E-state index in [4.69, 9.17) is 37.0 Å². The average Bonchev–Trinajstić information content (AvgIpc) is 3.49. The quantitative estimate of drug-likeness (QED) is 0.232. The summed E-state index contributed by atoms with van der Waals surface area (Å²) in [6.45, 7) is 0.104. The van der Waals surface area contributed by atoms with E-state index in [0.717, 1.165) is 24.2 Å². The molecule has 1 aromatic carbocycles. The molecule has 2 N–H and O–H groups in total. The molecule has 0 bridgehead atoms. The second-order valence-electron chi connectivity index (χ2n) is 9.20. The maximum atomic E-state index is 11.3. The molecule has 12 heteroatoms. The summed E-state index contributed by atoms with van der Waals surface area (Å²) < 4.78 is 17.1. The van der Waals surface area contributed by atoms with Crippen molar-refractivity contribution in [2.75, 3.05) is 0 Å². The van der Waals surface area contributed by atoms with Crippen LogP contribution >= 0.6 is 23.2 Å². The van der Waals surface area contributed by atoms with Crippen LogP contribution < -0.4 is 0 Å². The Hall–Kier alpha value is -4.15. The number of nitrogens with zero attached hydrogens (tertiary/aromatic N) is 4. The molecule has 4 aromatic rings. The van der Waals surface area contributed by atoms with Crippen LogP contribution in [0.25, 0.3) is 28.2 Å². The fourth-order valence-corrected chi connectivity index (χ4v) is 4.94. The number of ether oxygens (including phenoxy) is 1. The zero-order valence-electron chi connectivity index (χ0n) is 20.2. The van der Waals surface area contributed by atoms with E-state index in [0.29, 0.717) is 51.0 Å². The zero-order valence-corrected chi connectivity index (χ0v) is 21.7. The lowest BCUT2D eigenvalue weighted by atomic mass is 10.0. The third-order valence-electron chi connectivity index (χ3n) is 6.53. The van der Waals surface area contributed by atoms with Gasteiger partial charge in [-0.25, -0.2) is 4.79 Å². The lowest BCUT2D eigenvalue weighted by Crippen LogP contribution is -2.05. The molecule has 0 unspecified atom stereocenters. The molecule has 3 heterocycles. The molecule has 0 saturated heterocycles. The van der Waals surface area contributed by atoms with Gasteiger partial charge in [-0.1, -0.05) is 45.6 Å². The zero-order chi connectivity index (χ0) is 27.1. The molecular weight excluding hydrogens is 547 g/mol. The van der Waals surface area contributed by atoms with Crippen molar-refractivity contribution in [1.29, 1.82) is 0 Å². The van der Waals surface area contributed by atoms with Crippen molar-refractivity contribution in [1.82, 2.24) is 20.3 Å². The first kappa shape index (κ1) is 25.1. The Labute approximate surface area is 231 Å². The number of aliphatic hydroxyl groups excluding tert-OH is 1. The smallest absolute Gasteiger partial charge is 0.335 e. The normalized spacial score (nSPS) is 15.4. The summed E-state index contributed by atoms with van der Waals surface area (Å²) in [6.07, 6.45) is 7.36. The Morgan fingerprint density at radius 3 is 2.62 bits per heavy atom. The maximum Gasteiger partial charge on any atom is 0.335 e. The molecule has 1 saturated carbocycles. The van der Waals surface area contributed by atoms with Crippen LogP contribution in [0.5, 0.6) is 0 Å². The SMILES string of the molecule is O=C(O)c1cccc(-c2noc(C3=CC(O)=C(OCc4c(-c5c(Cl)cncc5Cl)noc4C4CC4)CC3)n2)c1. The highest BCUT2D eigenvalue weighted by molar-refractivity contribution is 6.38. The Kier molecular flexibility index (Phi) is 6.58. The van der Waals surface area contributed by atoms with Crippen LogP contribution in [0.4, 0.5) is 0 Å². The van der Waals surface area contributed by atoms with Gasteiger partial charge in [-0.3, -0.25) is 4.98 Å². The Morgan fingerprint density at radius 2 is 1.90 bits per heavy atom. The molecule has 0 amide bonds. The van der Waals surface area contributed by atoms with E-state index in [1.807, 2.05) is 0 Å². The van der Waals surface area contributed by atoms with Crippen molar-refractivity contribution in [2.45, 2.75) is 38.2 Å². The molecule has 0 aliphatic heterocycles. The van der Waals surface area contributed by atoms with Crippen molar-refractivity contribution >= 4 is 34.7 Å². The van der Waals surface area contributed by atoms with Gasteiger partial charge >= 0.3 is 5.97 Å². The summed E-state index contributed by atoms with van der Waals surface area (Å²) in [5, 5.41) is 28.9. The summed E-state index contributed by atoms with van der Waals surface area (Å²) in [5.74, 6) is 0.756. The van der Waals surface area contributed by atoms with Gasteiger partial charge in [-0.2, -0.15) is 4.98 Å². The molecule has 0 spiro atoms. The van der Waals surface area contributed by atoms with Crippen LogP contribution in [0.1, 0.15) is 59.2 Å². The lowest BCUT2D eigenvalue weighted by molar-refractivity contribution is 0.0697. The maximum absolute atomic E-state index is 11.3. The minimum Gasteiger partial charge on any atom is -0.504 e. The number of aliphatic hydroxyl groups is 1. The first-order valence-electron chi connectivity index (χ1n) is 12.1. The largest absolute Gasteiger partial charge is 0.504 e. The first-order valence-corrected chi connectivity index (χ1v) is 12.9. The van der Waals surface area contributed by atoms with E-state index in [1.54, 1.807) is 12.1 Å². The third kappa shape index (κ3) is 5.00. The van der Waals surface area contributed by atoms with Crippen molar-refractivity contribution in [3.63, 3.8) is 0 Å². The van der Waals surface area contributed by atoms with Crippen molar-refractivity contribution < 1.29 is 28.8 Å². The van der Waals surface area contributed by atoms with E-state index in [-0.39, 0.29) is 35.6 Å². The van der Waals surface area contributed by atoms with Crippen LogP contribution in [0.15, 0.2) is 63.3 Å². The number of hydrogen-bond acceptors (Lipinski definition) is 9. The van der Waals surface area contributed by atoms with E-state index in [9.17, 15) is 15.0 Å². The van der Waals surface area contributed by atoms with Crippen molar-refractivity contribution in [3.05, 3.63) is 87.1 Å². The predicted molar refractivity (Wildman–Crippen MR) is 140 cm³/mol. The van der Waals surface area contributed by atoms with Gasteiger partial charge in [-0.15, -0.1) is 0 Å². The number of aromatic nitrogens is 4. The van der Waals surface area contributed by atoms with Gasteiger partial charge in [0.15, 0.2) is 5.76 Å². The summed E-state index contributed by atoms with van der Waals surface area (Å²) >= 11 is 12.8. The molecule has 2 aliphatic rings. The number of carbonyl (C=O) groups is 1. The number of hydrogen-bond donors (Lipinski definition) is 2. The Balaban J connectivity index is 1.23. The van der Waals surface area contributed by atoms with Gasteiger partial charge in [0.25, 0.3) is 5.89 Å². The third-order valence-corrected chi connectivity index (χ3v) is 7.11. The van der Waals surface area contributed by atoms with Crippen LogP contribution in [0, 0.1) is 0 Å². The lowest BCUT2D eigenvalue weighted by Gasteiger charge is -2.17. The van der Waals surface area contributed by atoms with Gasteiger partial charge in [0.05, 0.1) is 21.2 Å². The summed E-state index contributed by atoms with van der Waals surface area (Å²) in [5.41, 5.74) is 3.00. The van der Waals surface area contributed by atoms with E-state index in [1.165, 1.54) is 30.6 Å². The van der Waals surface area contributed by atoms with Crippen LogP contribution in [0.3, 0.4) is 0 Å². The minimum atomic E-state index is -1.05. The standard InChI is InChI=1S/C27H20Cl2N4O6/c28-18-10-30-11-19(29)22(18)23-17(24(38-32-23)13-4-5-13)12-37-21-7-6-15(9-20(21)34)26-31-25(33-39-26)14-2-1-3-16(8-14)27(35)36/h1-3,8-11,13,34H,4-7,12H2,(H,35,36). The minimum absolute atomic E-state index is 0.0603. The van der Waals surface area contributed by atoms with Gasteiger partial charge in [0, 0.05) is 41.4 Å². The molecule has 6 rings (SSSR count). The van der Waals surface area contributed by atoms with Gasteiger partial charge in [0.1, 0.15) is 23.8 Å². The Morgan fingerprint density at radius 1 is 1.10 bits per heavy atom. The number of benzene rings is 1. The van der Waals surface area contributed by atoms with Gasteiger partial charge in [-0.05, 0) is 37.5 Å². The number of rotatable bonds is 8. The second kappa shape index (κ2) is 10.2. The molecule has 39 heavy (non-hydrogen) atoms. The second-order valence-corrected chi connectivity index (χ2v) is 10.0. The molecule has 3 aromatic heterocycles. The van der Waals surface area contributed by atoms with Crippen LogP contribution in [0.2, 0.25) is 10.0 Å². The highest BCUT2D eigenvalue weighted by Gasteiger charge is 2.34. The summed E-state index contributed by atoms with van der Waals surface area (Å²) in [6, 6.07) is 6.26. The summed E-state index contributed by atoms with van der Waals surface area (Å²) in [7, 11) is 0. The predicted octanol–water partition coefficient (Wildman–Crippen LogP) is 6.83. The van der Waals surface area contributed by atoms with E-state index >= 15 is 0 Å². The monoisotopic (exact) mass is 566 g/mol. The number of allylic oxidation sites excluding steroid dienone is 3. The molecule has 10 nitrogen and oxygen atoms in total. The number of pyridine rings is 1. The van der Waals surface area contributed by atoms with E-state index < -0.39 is 5.97 Å². The molecule has 0 atom stereocenters. The molecule has 1 fully saturated rings. The highest BCUT2D eigenvalue weighted by atomic mass is 35.5. The van der Waals surface area contributed by atoms with Crippen LogP contribution in [-0.2, 0) is 11.3 Å². The molecule has 0 radical (unpaired) electrons. The molecule has 2 aliphatic carbocycles. The molecular formula is C27H20Cl2N4O6. The number of carboxylic acids is 1. The van der Waals surface area contributed by atoms with Gasteiger partial charge < -0.3 is 24.0 Å². The van der Waals surface area contributed by atoms with E-state index in [2.05, 4.69) is 20.3 Å². The first-order chi connectivity index (χ1) is 18.9. The molecule has 198 valence electrons. The number of halogens is 2. The number of carboxylic acid groups (broad SMARTS) is 1. The fraction of sp³-hybridized carbons (Fsp3) is 0.222. The van der Waals surface area contributed by atoms with Crippen LogP contribution in [-0.4, -0.2) is 36.5 Å². The average molecular weight is 567 g/mol. The van der Waals surface area contributed by atoms with Gasteiger partial charge in [0.2, 0.25) is 5.82 Å². The topological polar surface area (TPSA) is 145 Å². The highest BCUT2D eigenvalue weighted by Crippen LogP contribution is 2.46. The fourth-order valence-electron chi connectivity index (χ4n) is 4.39. The Bertz CT molecular complexity index is 1630.